The first kappa shape index (κ1) is 16.1. The summed E-state index contributed by atoms with van der Waals surface area (Å²) in [7, 11) is -1.39. The molecule has 0 saturated carbocycles. The summed E-state index contributed by atoms with van der Waals surface area (Å²) in [6, 6.07) is 6.00. The lowest BCUT2D eigenvalue weighted by Gasteiger charge is -2.12. The van der Waals surface area contributed by atoms with Crippen molar-refractivity contribution < 1.29 is 4.21 Å². The van der Waals surface area contributed by atoms with Gasteiger partial charge in [-0.15, -0.1) is 0 Å². The van der Waals surface area contributed by atoms with E-state index in [0.717, 1.165) is 40.4 Å². The second-order valence-electron chi connectivity index (χ2n) is 6.02. The van der Waals surface area contributed by atoms with E-state index < -0.39 is 11.0 Å². The number of hydrogen-bond acceptors (Lipinski definition) is 5. The van der Waals surface area contributed by atoms with Crippen LogP contribution in [0.25, 0.3) is 10.9 Å². The fourth-order valence-electron chi connectivity index (χ4n) is 3.13. The highest BCUT2D eigenvalue weighted by Gasteiger charge is 2.18. The number of hydrogen-bond donors (Lipinski definition) is 2. The Morgan fingerprint density at radius 2 is 2.20 bits per heavy atom. The summed E-state index contributed by atoms with van der Waals surface area (Å²) in [5.41, 5.74) is 3.13. The minimum Gasteiger partial charge on any atom is -0.358 e. The highest BCUT2D eigenvalue weighted by atomic mass is 32.2. The first-order valence-electron chi connectivity index (χ1n) is 8.07. The van der Waals surface area contributed by atoms with Gasteiger partial charge in [-0.2, -0.15) is 5.26 Å². The van der Waals surface area contributed by atoms with Crippen LogP contribution in [0.1, 0.15) is 24.0 Å². The topological polar surface area (TPSA) is 84.8 Å². The van der Waals surface area contributed by atoms with Crippen LogP contribution in [0.4, 0.5) is 10.8 Å². The van der Waals surface area contributed by atoms with Crippen LogP contribution in [0.15, 0.2) is 28.7 Å². The first-order valence-corrected chi connectivity index (χ1v) is 10.0. The summed E-state index contributed by atoms with van der Waals surface area (Å²) in [4.78, 5) is 9.77. The van der Waals surface area contributed by atoms with Crippen molar-refractivity contribution >= 4 is 44.0 Å². The van der Waals surface area contributed by atoms with Crippen molar-refractivity contribution in [1.29, 1.82) is 5.26 Å². The van der Waals surface area contributed by atoms with E-state index in [-0.39, 0.29) is 0 Å². The van der Waals surface area contributed by atoms with Gasteiger partial charge in [0.25, 0.3) is 0 Å². The Morgan fingerprint density at radius 3 is 2.96 bits per heavy atom. The summed E-state index contributed by atoms with van der Waals surface area (Å²) >= 11 is 1.47. The van der Waals surface area contributed by atoms with E-state index in [0.29, 0.717) is 9.77 Å². The molecule has 128 valence electrons. The molecular weight excluding hydrogens is 354 g/mol. The van der Waals surface area contributed by atoms with Gasteiger partial charge in [-0.25, -0.2) is 9.19 Å². The van der Waals surface area contributed by atoms with E-state index in [1.54, 1.807) is 12.4 Å². The molecule has 1 aliphatic rings. The number of fused-ring (bicyclic) bond motifs is 1. The second-order valence-corrected chi connectivity index (χ2v) is 8.47. The van der Waals surface area contributed by atoms with Gasteiger partial charge in [-0.1, -0.05) is 17.4 Å². The quantitative estimate of drug-likeness (QED) is 0.735. The molecule has 1 aromatic carbocycles. The van der Waals surface area contributed by atoms with Crippen LogP contribution >= 0.6 is 11.3 Å². The Bertz CT molecular complexity index is 994. The number of aromatic amines is 1. The van der Waals surface area contributed by atoms with Crippen molar-refractivity contribution in [3.8, 4) is 6.07 Å². The molecule has 1 aliphatic heterocycles. The number of H-pyrrole nitrogens is 1. The maximum atomic E-state index is 12.7. The standard InChI is InChI=1S/C17H17N5OS2/c1-11-4-5-13(16-15(11)12(8-18)9-19-16)21-25(23)14-10-20-17(24-14)22-6-2-3-7-22/h4-5,9-10,19,21H,2-3,6-7H2,1H3. The molecule has 1 fully saturated rings. The molecule has 6 nitrogen and oxygen atoms in total. The maximum Gasteiger partial charge on any atom is 0.186 e. The maximum absolute atomic E-state index is 12.7. The van der Waals surface area contributed by atoms with Crippen molar-refractivity contribution in [2.45, 2.75) is 24.0 Å². The van der Waals surface area contributed by atoms with Crippen LogP contribution in [0, 0.1) is 18.3 Å². The molecule has 25 heavy (non-hydrogen) atoms. The minimum absolute atomic E-state index is 0.594. The molecule has 0 amide bonds. The van der Waals surface area contributed by atoms with Crippen LogP contribution in [-0.4, -0.2) is 27.3 Å². The third kappa shape index (κ3) is 2.90. The molecule has 2 N–H and O–H groups in total. The smallest absolute Gasteiger partial charge is 0.186 e. The fraction of sp³-hybridized carbons (Fsp3) is 0.294. The van der Waals surface area contributed by atoms with Gasteiger partial charge in [0, 0.05) is 24.7 Å². The lowest BCUT2D eigenvalue weighted by molar-refractivity contribution is 0.687. The lowest BCUT2D eigenvalue weighted by Crippen LogP contribution is -2.16. The van der Waals surface area contributed by atoms with Crippen LogP contribution in [-0.2, 0) is 11.0 Å². The number of aryl methyl sites for hydroxylation is 1. The third-order valence-corrected chi connectivity index (χ3v) is 6.83. The van der Waals surface area contributed by atoms with E-state index >= 15 is 0 Å². The Kier molecular flexibility index (Phi) is 4.19. The number of nitriles is 1. The minimum atomic E-state index is -1.39. The van der Waals surface area contributed by atoms with Crippen LogP contribution < -0.4 is 9.62 Å². The number of nitrogens with zero attached hydrogens (tertiary/aromatic N) is 3. The molecule has 0 aliphatic carbocycles. The molecule has 1 saturated heterocycles. The predicted octanol–water partition coefficient (Wildman–Crippen LogP) is 3.54. The Labute approximate surface area is 152 Å². The number of thiazole rings is 1. The molecule has 1 unspecified atom stereocenters. The second kappa shape index (κ2) is 6.50. The average molecular weight is 371 g/mol. The van der Waals surface area contributed by atoms with Gasteiger partial charge >= 0.3 is 0 Å². The zero-order valence-corrected chi connectivity index (χ0v) is 15.3. The zero-order valence-electron chi connectivity index (χ0n) is 13.7. The van der Waals surface area contributed by atoms with Crippen molar-refractivity contribution in [1.82, 2.24) is 9.97 Å². The first-order chi connectivity index (χ1) is 12.2. The molecule has 0 spiro atoms. The van der Waals surface area contributed by atoms with Gasteiger partial charge in [0.2, 0.25) is 0 Å². The number of aromatic nitrogens is 2. The van der Waals surface area contributed by atoms with Crippen molar-refractivity contribution in [3.63, 3.8) is 0 Å². The Morgan fingerprint density at radius 1 is 1.40 bits per heavy atom. The molecule has 1 atom stereocenters. The van der Waals surface area contributed by atoms with Gasteiger partial charge in [0.15, 0.2) is 16.1 Å². The predicted molar refractivity (Wildman–Crippen MR) is 101 cm³/mol. The van der Waals surface area contributed by atoms with E-state index in [4.69, 9.17) is 0 Å². The highest BCUT2D eigenvalue weighted by molar-refractivity contribution is 7.88. The molecule has 2 aromatic heterocycles. The fourth-order valence-corrected chi connectivity index (χ4v) is 5.11. The van der Waals surface area contributed by atoms with Gasteiger partial charge in [-0.05, 0) is 31.4 Å². The molecule has 8 heteroatoms. The monoisotopic (exact) mass is 371 g/mol. The van der Waals surface area contributed by atoms with Crippen molar-refractivity contribution in [2.75, 3.05) is 22.7 Å². The van der Waals surface area contributed by atoms with Crippen molar-refractivity contribution in [3.05, 3.63) is 35.7 Å². The number of benzene rings is 1. The SMILES string of the molecule is Cc1ccc(NS(=O)c2cnc(N3CCCC3)s2)c2[nH]cc(C#N)c12. The molecule has 3 aromatic rings. The normalized spacial score (nSPS) is 15.4. The Balaban J connectivity index is 1.61. The third-order valence-electron chi connectivity index (χ3n) is 4.40. The highest BCUT2D eigenvalue weighted by Crippen LogP contribution is 2.31. The van der Waals surface area contributed by atoms with Gasteiger partial charge in [-0.3, -0.25) is 4.72 Å². The summed E-state index contributed by atoms with van der Waals surface area (Å²) in [5, 5.41) is 11.0. The number of nitrogens with one attached hydrogen (secondary N) is 2. The van der Waals surface area contributed by atoms with E-state index in [1.807, 2.05) is 19.1 Å². The van der Waals surface area contributed by atoms with E-state index in [9.17, 15) is 9.47 Å². The summed E-state index contributed by atoms with van der Waals surface area (Å²) < 4.78 is 16.5. The largest absolute Gasteiger partial charge is 0.358 e. The number of anilines is 2. The van der Waals surface area contributed by atoms with Crippen molar-refractivity contribution in [2.24, 2.45) is 0 Å². The zero-order chi connectivity index (χ0) is 17.4. The summed E-state index contributed by atoms with van der Waals surface area (Å²) in [6.07, 6.45) is 5.74. The Hall–Kier alpha value is -2.37. The van der Waals surface area contributed by atoms with Crippen LogP contribution in [0.3, 0.4) is 0 Å². The van der Waals surface area contributed by atoms with E-state index in [2.05, 4.69) is 25.7 Å². The van der Waals surface area contributed by atoms with Crippen LogP contribution in [0.2, 0.25) is 0 Å². The van der Waals surface area contributed by atoms with E-state index in [1.165, 1.54) is 24.2 Å². The number of rotatable bonds is 4. The molecule has 0 radical (unpaired) electrons. The summed E-state index contributed by atoms with van der Waals surface area (Å²) in [6.45, 7) is 4.00. The molecule has 4 rings (SSSR count). The average Bonchev–Trinajstić information content (AvgIpc) is 3.36. The summed E-state index contributed by atoms with van der Waals surface area (Å²) in [5.74, 6) is 0. The molecule has 0 bridgehead atoms. The van der Waals surface area contributed by atoms with Gasteiger partial charge < -0.3 is 9.88 Å². The van der Waals surface area contributed by atoms with Crippen LogP contribution in [0.5, 0.6) is 0 Å². The lowest BCUT2D eigenvalue weighted by atomic mass is 10.1. The van der Waals surface area contributed by atoms with Gasteiger partial charge in [0.1, 0.15) is 10.3 Å². The molecular formula is C17H17N5OS2. The molecule has 3 heterocycles. The van der Waals surface area contributed by atoms with Gasteiger partial charge in [0.05, 0.1) is 23.0 Å².